The molecule has 0 aromatic heterocycles. The number of aliphatic imine (C=N–C) groups is 1. The maximum Gasteiger partial charge on any atom is 0.156 e. The maximum atomic E-state index is 5.48. The number of hydrogen-bond acceptors (Lipinski definition) is 3. The molecule has 1 aliphatic rings. The summed E-state index contributed by atoms with van der Waals surface area (Å²) in [5.74, 6) is 1.91. The standard InChI is InChI=1S/C13H26N2OS/c1-4-5-7-16-8-6-14-13-15-12(10-17-13)9-11(2)3/h11-12H,4-10H2,1-3H3,(H,14,15). The quantitative estimate of drug-likeness (QED) is 0.680. The van der Waals surface area contributed by atoms with E-state index in [9.17, 15) is 0 Å². The highest BCUT2D eigenvalue weighted by atomic mass is 32.2. The van der Waals surface area contributed by atoms with Crippen LogP contribution in [0.2, 0.25) is 0 Å². The number of nitrogens with one attached hydrogen (secondary N) is 1. The molecule has 1 fully saturated rings. The van der Waals surface area contributed by atoms with Crippen molar-refractivity contribution >= 4 is 16.9 Å². The minimum absolute atomic E-state index is 0.611. The van der Waals surface area contributed by atoms with E-state index in [0.29, 0.717) is 6.04 Å². The van der Waals surface area contributed by atoms with Gasteiger partial charge in [0.2, 0.25) is 0 Å². The van der Waals surface area contributed by atoms with Gasteiger partial charge in [-0.25, -0.2) is 0 Å². The monoisotopic (exact) mass is 258 g/mol. The fourth-order valence-electron chi connectivity index (χ4n) is 1.78. The van der Waals surface area contributed by atoms with Crippen LogP contribution in [0.3, 0.4) is 0 Å². The van der Waals surface area contributed by atoms with E-state index in [1.54, 1.807) is 0 Å². The number of unbranched alkanes of at least 4 members (excludes halogenated alkanes) is 1. The third kappa shape index (κ3) is 6.94. The van der Waals surface area contributed by atoms with E-state index in [1.165, 1.54) is 12.8 Å². The molecule has 0 radical (unpaired) electrons. The van der Waals surface area contributed by atoms with E-state index >= 15 is 0 Å². The predicted molar refractivity (Wildman–Crippen MR) is 76.9 cm³/mol. The first kappa shape index (κ1) is 14.8. The lowest BCUT2D eigenvalue weighted by Gasteiger charge is -2.11. The largest absolute Gasteiger partial charge is 0.380 e. The molecule has 1 atom stereocenters. The first-order valence-electron chi connectivity index (χ1n) is 6.74. The molecule has 4 heteroatoms. The highest BCUT2D eigenvalue weighted by Gasteiger charge is 2.20. The molecule has 0 aromatic rings. The first-order valence-corrected chi connectivity index (χ1v) is 7.72. The second kappa shape index (κ2) is 8.81. The summed E-state index contributed by atoms with van der Waals surface area (Å²) >= 11 is 1.84. The topological polar surface area (TPSA) is 33.6 Å². The van der Waals surface area contributed by atoms with Gasteiger partial charge in [-0.2, -0.15) is 0 Å². The zero-order valence-electron chi connectivity index (χ0n) is 11.4. The van der Waals surface area contributed by atoms with Gasteiger partial charge in [-0.1, -0.05) is 39.0 Å². The molecule has 100 valence electrons. The van der Waals surface area contributed by atoms with Crippen molar-refractivity contribution in [2.75, 3.05) is 25.5 Å². The lowest BCUT2D eigenvalue weighted by Crippen LogP contribution is -2.28. The lowest BCUT2D eigenvalue weighted by molar-refractivity contribution is 0.139. The molecule has 0 bridgehead atoms. The van der Waals surface area contributed by atoms with Crippen molar-refractivity contribution in [3.05, 3.63) is 0 Å². The van der Waals surface area contributed by atoms with Gasteiger partial charge in [0.15, 0.2) is 5.17 Å². The van der Waals surface area contributed by atoms with E-state index in [-0.39, 0.29) is 0 Å². The molecule has 1 unspecified atom stereocenters. The molecule has 0 aromatic carbocycles. The summed E-state index contributed by atoms with van der Waals surface area (Å²) in [4.78, 5) is 4.52. The Kier molecular flexibility index (Phi) is 7.69. The Hall–Kier alpha value is -0.220. The number of rotatable bonds is 8. The molecule has 1 rings (SSSR count). The summed E-state index contributed by atoms with van der Waals surface area (Å²) in [5.41, 5.74) is 0. The Morgan fingerprint density at radius 1 is 1.47 bits per heavy atom. The smallest absolute Gasteiger partial charge is 0.156 e. The van der Waals surface area contributed by atoms with Crippen LogP contribution in [0, 0.1) is 5.92 Å². The van der Waals surface area contributed by atoms with Crippen LogP contribution >= 0.6 is 11.8 Å². The molecule has 0 spiro atoms. The molecule has 3 nitrogen and oxygen atoms in total. The number of amidine groups is 1. The van der Waals surface area contributed by atoms with Crippen molar-refractivity contribution < 1.29 is 4.74 Å². The molecule has 17 heavy (non-hydrogen) atoms. The van der Waals surface area contributed by atoms with Crippen LogP contribution in [0.4, 0.5) is 0 Å². The van der Waals surface area contributed by atoms with Crippen molar-refractivity contribution in [3.63, 3.8) is 0 Å². The number of thioether (sulfide) groups is 1. The van der Waals surface area contributed by atoms with Gasteiger partial charge in [0, 0.05) is 18.4 Å². The molecule has 0 aliphatic carbocycles. The van der Waals surface area contributed by atoms with Gasteiger partial charge in [-0.05, 0) is 18.8 Å². The second-order valence-electron chi connectivity index (χ2n) is 4.93. The van der Waals surface area contributed by atoms with Crippen molar-refractivity contribution in [1.82, 2.24) is 5.32 Å². The van der Waals surface area contributed by atoms with Gasteiger partial charge in [0.05, 0.1) is 13.2 Å². The number of ether oxygens (including phenoxy) is 1. The average Bonchev–Trinajstić information content (AvgIpc) is 2.70. The molecule has 1 N–H and O–H groups in total. The molecular weight excluding hydrogens is 232 g/mol. The maximum absolute atomic E-state index is 5.48. The van der Waals surface area contributed by atoms with Crippen LogP contribution < -0.4 is 5.32 Å². The fourth-order valence-corrected chi connectivity index (χ4v) is 2.80. The highest BCUT2D eigenvalue weighted by molar-refractivity contribution is 8.14. The van der Waals surface area contributed by atoms with Crippen molar-refractivity contribution in [1.29, 1.82) is 0 Å². The van der Waals surface area contributed by atoms with Gasteiger partial charge in [0.1, 0.15) is 0 Å². The van der Waals surface area contributed by atoms with E-state index in [2.05, 4.69) is 31.1 Å². The summed E-state index contributed by atoms with van der Waals surface area (Å²) in [6.45, 7) is 9.12. The Bertz CT molecular complexity index is 231. The molecule has 0 saturated carbocycles. The van der Waals surface area contributed by atoms with Crippen molar-refractivity contribution in [2.45, 2.75) is 46.1 Å². The highest BCUT2D eigenvalue weighted by Crippen LogP contribution is 2.18. The van der Waals surface area contributed by atoms with Crippen LogP contribution in [0.15, 0.2) is 4.99 Å². The van der Waals surface area contributed by atoms with Gasteiger partial charge in [-0.3, -0.25) is 4.99 Å². The van der Waals surface area contributed by atoms with Crippen LogP contribution in [0.1, 0.15) is 40.0 Å². The zero-order chi connectivity index (χ0) is 12.5. The van der Waals surface area contributed by atoms with Crippen molar-refractivity contribution in [3.8, 4) is 0 Å². The van der Waals surface area contributed by atoms with E-state index in [0.717, 1.165) is 43.0 Å². The van der Waals surface area contributed by atoms with Gasteiger partial charge >= 0.3 is 0 Å². The molecule has 1 heterocycles. The van der Waals surface area contributed by atoms with Crippen LogP contribution in [-0.4, -0.2) is 36.7 Å². The van der Waals surface area contributed by atoms with Crippen LogP contribution in [0.5, 0.6) is 0 Å². The van der Waals surface area contributed by atoms with Gasteiger partial charge in [0.25, 0.3) is 0 Å². The Morgan fingerprint density at radius 2 is 2.29 bits per heavy atom. The van der Waals surface area contributed by atoms with Gasteiger partial charge in [-0.15, -0.1) is 0 Å². The van der Waals surface area contributed by atoms with Crippen molar-refractivity contribution in [2.24, 2.45) is 10.9 Å². The Balaban J connectivity index is 2.07. The van der Waals surface area contributed by atoms with Crippen LogP contribution in [0.25, 0.3) is 0 Å². The first-order chi connectivity index (χ1) is 8.22. The third-order valence-corrected chi connectivity index (χ3v) is 3.73. The summed E-state index contributed by atoms with van der Waals surface area (Å²) in [6, 6.07) is 0.611. The Labute approximate surface area is 110 Å². The number of hydrogen-bond donors (Lipinski definition) is 1. The van der Waals surface area contributed by atoms with E-state index < -0.39 is 0 Å². The SMILES string of the molecule is CCCCOCCN=C1NC(CC(C)C)CS1. The van der Waals surface area contributed by atoms with Crippen LogP contribution in [-0.2, 0) is 4.74 Å². The number of nitrogens with zero attached hydrogens (tertiary/aromatic N) is 1. The van der Waals surface area contributed by atoms with E-state index in [4.69, 9.17) is 4.74 Å². The zero-order valence-corrected chi connectivity index (χ0v) is 12.2. The molecule has 0 amide bonds. The minimum atomic E-state index is 0.611. The second-order valence-corrected chi connectivity index (χ2v) is 5.94. The summed E-state index contributed by atoms with van der Waals surface area (Å²) in [7, 11) is 0. The molecule has 1 saturated heterocycles. The fraction of sp³-hybridized carbons (Fsp3) is 0.923. The minimum Gasteiger partial charge on any atom is -0.380 e. The predicted octanol–water partition coefficient (Wildman–Crippen LogP) is 2.91. The third-order valence-electron chi connectivity index (χ3n) is 2.64. The van der Waals surface area contributed by atoms with E-state index in [1.807, 2.05) is 11.8 Å². The summed E-state index contributed by atoms with van der Waals surface area (Å²) in [6.07, 6.45) is 3.59. The molecular formula is C13H26N2OS. The molecule has 1 aliphatic heterocycles. The summed E-state index contributed by atoms with van der Waals surface area (Å²) in [5, 5.41) is 4.59. The Morgan fingerprint density at radius 3 is 3.00 bits per heavy atom. The lowest BCUT2D eigenvalue weighted by atomic mass is 10.1. The normalized spacial score (nSPS) is 22.4. The average molecular weight is 258 g/mol. The van der Waals surface area contributed by atoms with Gasteiger partial charge < -0.3 is 10.1 Å². The summed E-state index contributed by atoms with van der Waals surface area (Å²) < 4.78 is 5.48.